The summed E-state index contributed by atoms with van der Waals surface area (Å²) in [5, 5.41) is 4.53. The number of halogens is 2. The Labute approximate surface area is 132 Å². The van der Waals surface area contributed by atoms with E-state index in [9.17, 15) is 0 Å². The molecule has 3 rings (SSSR count). The Hall–Kier alpha value is -2.04. The Morgan fingerprint density at radius 2 is 1.90 bits per heavy atom. The van der Waals surface area contributed by atoms with Crippen molar-refractivity contribution in [3.8, 4) is 0 Å². The van der Waals surface area contributed by atoms with Gasteiger partial charge in [-0.2, -0.15) is 0 Å². The van der Waals surface area contributed by atoms with E-state index in [1.54, 1.807) is 30.9 Å². The van der Waals surface area contributed by atoms with Crippen LogP contribution in [0.15, 0.2) is 55.1 Å². The number of imidazole rings is 1. The third-order valence-electron chi connectivity index (χ3n) is 2.98. The van der Waals surface area contributed by atoms with Crippen molar-refractivity contribution in [2.75, 3.05) is 5.32 Å². The highest BCUT2D eigenvalue weighted by molar-refractivity contribution is 6.35. The summed E-state index contributed by atoms with van der Waals surface area (Å²) in [7, 11) is 0. The van der Waals surface area contributed by atoms with Gasteiger partial charge in [0, 0.05) is 46.1 Å². The molecule has 2 aromatic heterocycles. The second kappa shape index (κ2) is 6.16. The Balaban J connectivity index is 1.97. The number of hydrogen-bond donors (Lipinski definition) is 2. The molecule has 2 heterocycles. The van der Waals surface area contributed by atoms with Crippen LogP contribution >= 0.6 is 23.2 Å². The Kier molecular flexibility index (Phi) is 4.08. The van der Waals surface area contributed by atoms with Crippen molar-refractivity contribution < 1.29 is 0 Å². The molecule has 3 aromatic rings. The summed E-state index contributed by atoms with van der Waals surface area (Å²) in [6, 6.07) is 9.04. The summed E-state index contributed by atoms with van der Waals surface area (Å²) < 4.78 is 0. The van der Waals surface area contributed by atoms with Crippen LogP contribution in [0, 0.1) is 0 Å². The van der Waals surface area contributed by atoms with Gasteiger partial charge in [0.05, 0.1) is 0 Å². The Bertz CT molecular complexity index is 694. The molecule has 0 aliphatic heterocycles. The summed E-state index contributed by atoms with van der Waals surface area (Å²) in [4.78, 5) is 11.6. The summed E-state index contributed by atoms with van der Waals surface area (Å²) in [5.74, 6) is 0.791. The highest BCUT2D eigenvalue weighted by Crippen LogP contribution is 2.28. The molecule has 2 N–H and O–H groups in total. The first-order valence-corrected chi connectivity index (χ1v) is 7.10. The van der Waals surface area contributed by atoms with Crippen LogP contribution in [0.1, 0.15) is 17.4 Å². The molecule has 0 amide bonds. The van der Waals surface area contributed by atoms with E-state index in [-0.39, 0.29) is 6.04 Å². The highest BCUT2D eigenvalue weighted by atomic mass is 35.5. The lowest BCUT2D eigenvalue weighted by atomic mass is 10.1. The summed E-state index contributed by atoms with van der Waals surface area (Å²) >= 11 is 12.1. The van der Waals surface area contributed by atoms with Crippen LogP contribution in [0.5, 0.6) is 0 Å². The van der Waals surface area contributed by atoms with Crippen LogP contribution in [-0.4, -0.2) is 15.0 Å². The van der Waals surface area contributed by atoms with E-state index in [2.05, 4.69) is 20.3 Å². The van der Waals surface area contributed by atoms with Crippen molar-refractivity contribution in [3.05, 3.63) is 76.6 Å². The van der Waals surface area contributed by atoms with E-state index in [4.69, 9.17) is 23.2 Å². The zero-order chi connectivity index (χ0) is 14.7. The SMILES string of the molecule is Clc1cc(Cl)cc(N[C@H](c2cccnc2)c2ncc[nH]2)c1. The molecule has 0 saturated heterocycles. The van der Waals surface area contributed by atoms with E-state index in [1.807, 2.05) is 24.3 Å². The van der Waals surface area contributed by atoms with Crippen LogP contribution in [0.4, 0.5) is 5.69 Å². The number of anilines is 1. The normalized spacial score (nSPS) is 12.1. The minimum absolute atomic E-state index is 0.164. The number of rotatable bonds is 4. The van der Waals surface area contributed by atoms with Gasteiger partial charge in [0.2, 0.25) is 0 Å². The molecular weight excluding hydrogens is 307 g/mol. The minimum Gasteiger partial charge on any atom is -0.371 e. The number of benzene rings is 1. The summed E-state index contributed by atoms with van der Waals surface area (Å²) in [5.41, 5.74) is 1.81. The van der Waals surface area contributed by atoms with Gasteiger partial charge in [-0.25, -0.2) is 4.98 Å². The van der Waals surface area contributed by atoms with Gasteiger partial charge < -0.3 is 10.3 Å². The molecule has 0 aliphatic carbocycles. The van der Waals surface area contributed by atoms with Gasteiger partial charge in [0.15, 0.2) is 0 Å². The van der Waals surface area contributed by atoms with Gasteiger partial charge in [-0.3, -0.25) is 4.98 Å². The first-order valence-electron chi connectivity index (χ1n) is 6.34. The molecule has 0 bridgehead atoms. The monoisotopic (exact) mass is 318 g/mol. The average Bonchev–Trinajstić information content (AvgIpc) is 2.98. The van der Waals surface area contributed by atoms with E-state index < -0.39 is 0 Å². The van der Waals surface area contributed by atoms with E-state index >= 15 is 0 Å². The number of aromatic nitrogens is 3. The van der Waals surface area contributed by atoms with E-state index in [0.29, 0.717) is 10.0 Å². The first-order chi connectivity index (χ1) is 10.2. The maximum atomic E-state index is 6.04. The Morgan fingerprint density at radius 1 is 1.10 bits per heavy atom. The highest BCUT2D eigenvalue weighted by Gasteiger charge is 2.17. The fourth-order valence-electron chi connectivity index (χ4n) is 2.10. The number of nitrogens with one attached hydrogen (secondary N) is 2. The van der Waals surface area contributed by atoms with Gasteiger partial charge >= 0.3 is 0 Å². The van der Waals surface area contributed by atoms with E-state index in [0.717, 1.165) is 17.1 Å². The molecule has 1 atom stereocenters. The predicted octanol–water partition coefficient (Wildman–Crippen LogP) is 4.31. The van der Waals surface area contributed by atoms with Crippen LogP contribution < -0.4 is 5.32 Å². The molecule has 21 heavy (non-hydrogen) atoms. The summed E-state index contributed by atoms with van der Waals surface area (Å²) in [6.07, 6.45) is 7.03. The molecule has 6 heteroatoms. The van der Waals surface area contributed by atoms with E-state index in [1.165, 1.54) is 0 Å². The fourth-order valence-corrected chi connectivity index (χ4v) is 2.62. The largest absolute Gasteiger partial charge is 0.371 e. The molecule has 0 saturated carbocycles. The number of aromatic amines is 1. The zero-order valence-corrected chi connectivity index (χ0v) is 12.4. The third kappa shape index (κ3) is 3.35. The molecule has 0 unspecified atom stereocenters. The predicted molar refractivity (Wildman–Crippen MR) is 84.8 cm³/mol. The molecule has 0 spiro atoms. The van der Waals surface area contributed by atoms with Crippen molar-refractivity contribution >= 4 is 28.9 Å². The van der Waals surface area contributed by atoms with Crippen molar-refractivity contribution in [2.45, 2.75) is 6.04 Å². The Morgan fingerprint density at radius 3 is 2.52 bits per heavy atom. The van der Waals surface area contributed by atoms with Crippen LogP contribution in [-0.2, 0) is 0 Å². The lowest BCUT2D eigenvalue weighted by Gasteiger charge is -2.18. The number of pyridine rings is 1. The average molecular weight is 319 g/mol. The summed E-state index contributed by atoms with van der Waals surface area (Å²) in [6.45, 7) is 0. The first kappa shape index (κ1) is 13.9. The third-order valence-corrected chi connectivity index (χ3v) is 3.42. The van der Waals surface area contributed by atoms with Crippen molar-refractivity contribution in [2.24, 2.45) is 0 Å². The van der Waals surface area contributed by atoms with Crippen molar-refractivity contribution in [1.29, 1.82) is 0 Å². The molecule has 0 fully saturated rings. The maximum Gasteiger partial charge on any atom is 0.133 e. The molecule has 0 radical (unpaired) electrons. The van der Waals surface area contributed by atoms with Gasteiger partial charge in [-0.1, -0.05) is 29.3 Å². The van der Waals surface area contributed by atoms with Gasteiger partial charge in [0.1, 0.15) is 11.9 Å². The molecule has 4 nitrogen and oxygen atoms in total. The number of H-pyrrole nitrogens is 1. The topological polar surface area (TPSA) is 53.6 Å². The standard InChI is InChI=1S/C15H12Cl2N4/c16-11-6-12(17)8-13(7-11)21-14(15-19-4-5-20-15)10-2-1-3-18-9-10/h1-9,14,21H,(H,19,20)/t14-/m1/s1. The van der Waals surface area contributed by atoms with Gasteiger partial charge in [-0.15, -0.1) is 0 Å². The molecule has 106 valence electrons. The number of hydrogen-bond acceptors (Lipinski definition) is 3. The molecular formula is C15H12Cl2N4. The molecule has 0 aliphatic rings. The van der Waals surface area contributed by atoms with Crippen LogP contribution in [0.3, 0.4) is 0 Å². The second-order valence-electron chi connectivity index (χ2n) is 4.50. The second-order valence-corrected chi connectivity index (χ2v) is 5.37. The lowest BCUT2D eigenvalue weighted by molar-refractivity contribution is 0.848. The minimum atomic E-state index is -0.164. The lowest BCUT2D eigenvalue weighted by Crippen LogP contribution is -2.14. The van der Waals surface area contributed by atoms with Gasteiger partial charge in [0.25, 0.3) is 0 Å². The molecule has 1 aromatic carbocycles. The maximum absolute atomic E-state index is 6.04. The van der Waals surface area contributed by atoms with Crippen LogP contribution in [0.25, 0.3) is 0 Å². The van der Waals surface area contributed by atoms with Crippen LogP contribution in [0.2, 0.25) is 10.0 Å². The zero-order valence-electron chi connectivity index (χ0n) is 10.9. The smallest absolute Gasteiger partial charge is 0.133 e. The van der Waals surface area contributed by atoms with Crippen molar-refractivity contribution in [1.82, 2.24) is 15.0 Å². The number of nitrogens with zero attached hydrogens (tertiary/aromatic N) is 2. The fraction of sp³-hybridized carbons (Fsp3) is 0.0667. The quantitative estimate of drug-likeness (QED) is 0.753. The van der Waals surface area contributed by atoms with Gasteiger partial charge in [-0.05, 0) is 24.3 Å². The van der Waals surface area contributed by atoms with Crippen molar-refractivity contribution in [3.63, 3.8) is 0 Å².